The van der Waals surface area contributed by atoms with Crippen LogP contribution in [-0.4, -0.2) is 58.7 Å². The second-order valence-corrected chi connectivity index (χ2v) is 6.72. The number of nitrogens with one attached hydrogen (secondary N) is 3. The van der Waals surface area contributed by atoms with Crippen LogP contribution in [0.5, 0.6) is 0 Å². The first-order valence-electron chi connectivity index (χ1n) is 8.70. The van der Waals surface area contributed by atoms with Crippen LogP contribution in [0.1, 0.15) is 19.4 Å². The zero-order chi connectivity index (χ0) is 21.3. The molecule has 0 fully saturated rings. The summed E-state index contributed by atoms with van der Waals surface area (Å²) in [5.74, 6) is -3.06. The molecule has 0 aliphatic rings. The second kappa shape index (κ2) is 11.3. The van der Waals surface area contributed by atoms with E-state index in [9.17, 15) is 19.2 Å². The van der Waals surface area contributed by atoms with Crippen LogP contribution in [0.3, 0.4) is 0 Å². The SMILES string of the molecule is CC(N)C(=O)NC(Cc1ccccc1)C(=O)NC(CS)C(=O)NC(C)C(=O)O. The number of aliphatic carboxylic acids is 1. The summed E-state index contributed by atoms with van der Waals surface area (Å²) in [6, 6.07) is 5.06. The topological polar surface area (TPSA) is 151 Å². The number of rotatable bonds is 10. The fourth-order valence-corrected chi connectivity index (χ4v) is 2.46. The van der Waals surface area contributed by atoms with Crippen molar-refractivity contribution in [1.29, 1.82) is 0 Å². The molecule has 1 rings (SSSR count). The van der Waals surface area contributed by atoms with Crippen molar-refractivity contribution in [2.75, 3.05) is 5.75 Å². The van der Waals surface area contributed by atoms with Gasteiger partial charge in [0.1, 0.15) is 18.1 Å². The zero-order valence-corrected chi connectivity index (χ0v) is 16.6. The van der Waals surface area contributed by atoms with Crippen LogP contribution in [0.25, 0.3) is 0 Å². The third-order valence-electron chi connectivity index (χ3n) is 3.87. The fraction of sp³-hybridized carbons (Fsp3) is 0.444. The lowest BCUT2D eigenvalue weighted by Gasteiger charge is -2.23. The second-order valence-electron chi connectivity index (χ2n) is 6.35. The third-order valence-corrected chi connectivity index (χ3v) is 4.24. The molecule has 0 saturated carbocycles. The van der Waals surface area contributed by atoms with Gasteiger partial charge in [-0.15, -0.1) is 0 Å². The predicted molar refractivity (Wildman–Crippen MR) is 107 cm³/mol. The molecule has 10 heteroatoms. The Morgan fingerprint density at radius 2 is 1.50 bits per heavy atom. The van der Waals surface area contributed by atoms with Gasteiger partial charge in [0, 0.05) is 12.2 Å². The molecule has 4 atom stereocenters. The molecule has 0 aromatic heterocycles. The summed E-state index contributed by atoms with van der Waals surface area (Å²) in [7, 11) is 0. The average molecular weight is 410 g/mol. The Bertz CT molecular complexity index is 698. The molecule has 0 radical (unpaired) electrons. The van der Waals surface area contributed by atoms with E-state index in [1.807, 2.05) is 6.07 Å². The van der Waals surface area contributed by atoms with Crippen LogP contribution in [-0.2, 0) is 25.6 Å². The Morgan fingerprint density at radius 3 is 2.00 bits per heavy atom. The van der Waals surface area contributed by atoms with Gasteiger partial charge < -0.3 is 26.8 Å². The van der Waals surface area contributed by atoms with E-state index in [0.29, 0.717) is 0 Å². The van der Waals surface area contributed by atoms with Crippen molar-refractivity contribution in [1.82, 2.24) is 16.0 Å². The van der Waals surface area contributed by atoms with Crippen LogP contribution in [0.2, 0.25) is 0 Å². The van der Waals surface area contributed by atoms with E-state index in [0.717, 1.165) is 5.56 Å². The van der Waals surface area contributed by atoms with E-state index in [4.69, 9.17) is 10.8 Å². The van der Waals surface area contributed by atoms with Crippen LogP contribution >= 0.6 is 12.6 Å². The number of carboxylic acids is 1. The van der Waals surface area contributed by atoms with Crippen LogP contribution in [0.15, 0.2) is 30.3 Å². The fourth-order valence-electron chi connectivity index (χ4n) is 2.20. The van der Waals surface area contributed by atoms with Gasteiger partial charge in [0.15, 0.2) is 0 Å². The van der Waals surface area contributed by atoms with Crippen LogP contribution < -0.4 is 21.7 Å². The van der Waals surface area contributed by atoms with Crippen molar-refractivity contribution in [3.63, 3.8) is 0 Å². The van der Waals surface area contributed by atoms with E-state index >= 15 is 0 Å². The van der Waals surface area contributed by atoms with E-state index in [-0.39, 0.29) is 12.2 Å². The molecule has 9 nitrogen and oxygen atoms in total. The Labute approximate surface area is 168 Å². The number of carbonyl (C=O) groups excluding carboxylic acids is 3. The quantitative estimate of drug-likeness (QED) is 0.274. The average Bonchev–Trinajstić information content (AvgIpc) is 2.65. The maximum atomic E-state index is 12.7. The number of thiol groups is 1. The summed E-state index contributed by atoms with van der Waals surface area (Å²) in [5, 5.41) is 16.2. The first-order chi connectivity index (χ1) is 13.1. The number of carboxylic acid groups (broad SMARTS) is 1. The highest BCUT2D eigenvalue weighted by Crippen LogP contribution is 2.05. The molecule has 6 N–H and O–H groups in total. The molecular formula is C18H26N4O5S. The number of benzene rings is 1. The van der Waals surface area contributed by atoms with Gasteiger partial charge in [-0.25, -0.2) is 0 Å². The van der Waals surface area contributed by atoms with E-state index in [2.05, 4.69) is 28.6 Å². The highest BCUT2D eigenvalue weighted by atomic mass is 32.1. The number of hydrogen-bond donors (Lipinski definition) is 6. The van der Waals surface area contributed by atoms with Crippen molar-refractivity contribution in [3.8, 4) is 0 Å². The third kappa shape index (κ3) is 7.57. The molecular weight excluding hydrogens is 384 g/mol. The van der Waals surface area contributed by atoms with E-state index in [1.165, 1.54) is 13.8 Å². The molecule has 1 aromatic rings. The van der Waals surface area contributed by atoms with Gasteiger partial charge in [0.25, 0.3) is 0 Å². The highest BCUT2D eigenvalue weighted by Gasteiger charge is 2.28. The van der Waals surface area contributed by atoms with Gasteiger partial charge in [0.05, 0.1) is 6.04 Å². The van der Waals surface area contributed by atoms with Gasteiger partial charge in [-0.05, 0) is 19.4 Å². The Kier molecular flexibility index (Phi) is 9.46. The highest BCUT2D eigenvalue weighted by molar-refractivity contribution is 7.80. The van der Waals surface area contributed by atoms with Crippen molar-refractivity contribution >= 4 is 36.3 Å². The lowest BCUT2D eigenvalue weighted by molar-refractivity contribution is -0.141. The van der Waals surface area contributed by atoms with Crippen LogP contribution in [0.4, 0.5) is 0 Å². The number of nitrogens with two attached hydrogens (primary N) is 1. The minimum Gasteiger partial charge on any atom is -0.480 e. The Hall–Kier alpha value is -2.59. The number of hydrogen-bond acceptors (Lipinski definition) is 6. The van der Waals surface area contributed by atoms with E-state index < -0.39 is 47.9 Å². The summed E-state index contributed by atoms with van der Waals surface area (Å²) >= 11 is 4.04. The molecule has 3 amide bonds. The number of amides is 3. The van der Waals surface area contributed by atoms with Crippen LogP contribution in [0, 0.1) is 0 Å². The molecule has 1 aromatic carbocycles. The summed E-state index contributed by atoms with van der Waals surface area (Å²) in [6.45, 7) is 2.79. The molecule has 28 heavy (non-hydrogen) atoms. The molecule has 0 bridgehead atoms. The van der Waals surface area contributed by atoms with Gasteiger partial charge in [-0.3, -0.25) is 19.2 Å². The Balaban J connectivity index is 2.89. The molecule has 0 heterocycles. The minimum absolute atomic E-state index is 0.0524. The summed E-state index contributed by atoms with van der Waals surface area (Å²) in [4.78, 5) is 47.8. The smallest absolute Gasteiger partial charge is 0.325 e. The van der Waals surface area contributed by atoms with Gasteiger partial charge in [-0.2, -0.15) is 12.6 Å². The summed E-state index contributed by atoms with van der Waals surface area (Å²) < 4.78 is 0. The first kappa shape index (κ1) is 23.4. The van der Waals surface area contributed by atoms with E-state index in [1.54, 1.807) is 24.3 Å². The number of carbonyl (C=O) groups is 4. The van der Waals surface area contributed by atoms with Crippen molar-refractivity contribution < 1.29 is 24.3 Å². The van der Waals surface area contributed by atoms with Crippen molar-refractivity contribution in [2.45, 2.75) is 44.4 Å². The lowest BCUT2D eigenvalue weighted by Crippen LogP contribution is -2.57. The first-order valence-corrected chi connectivity index (χ1v) is 9.33. The van der Waals surface area contributed by atoms with Crippen molar-refractivity contribution in [2.24, 2.45) is 5.73 Å². The van der Waals surface area contributed by atoms with Gasteiger partial charge in [-0.1, -0.05) is 30.3 Å². The maximum Gasteiger partial charge on any atom is 0.325 e. The molecule has 0 spiro atoms. The predicted octanol–water partition coefficient (Wildman–Crippen LogP) is -0.935. The van der Waals surface area contributed by atoms with Gasteiger partial charge >= 0.3 is 5.97 Å². The molecule has 4 unspecified atom stereocenters. The standard InChI is InChI=1S/C18H26N4O5S/c1-10(19)15(23)21-13(8-12-6-4-3-5-7-12)16(24)22-14(9-28)17(25)20-11(2)18(26)27/h3-7,10-11,13-14,28H,8-9,19H2,1-2H3,(H,20,25)(H,21,23)(H,22,24)(H,26,27). The monoisotopic (exact) mass is 410 g/mol. The molecule has 0 saturated heterocycles. The largest absolute Gasteiger partial charge is 0.480 e. The molecule has 154 valence electrons. The van der Waals surface area contributed by atoms with Crippen molar-refractivity contribution in [3.05, 3.63) is 35.9 Å². The lowest BCUT2D eigenvalue weighted by atomic mass is 10.0. The minimum atomic E-state index is -1.20. The van der Waals surface area contributed by atoms with Gasteiger partial charge in [0.2, 0.25) is 17.7 Å². The molecule has 0 aliphatic heterocycles. The summed E-state index contributed by atoms with van der Waals surface area (Å²) in [5.41, 5.74) is 6.37. The normalized spacial score (nSPS) is 14.9. The zero-order valence-electron chi connectivity index (χ0n) is 15.7. The molecule has 0 aliphatic carbocycles. The maximum absolute atomic E-state index is 12.7. The Morgan fingerprint density at radius 1 is 0.964 bits per heavy atom. The summed E-state index contributed by atoms with van der Waals surface area (Å²) in [6.07, 6.45) is 0.192.